The van der Waals surface area contributed by atoms with E-state index < -0.39 is 5.97 Å². The van der Waals surface area contributed by atoms with Crippen molar-refractivity contribution < 1.29 is 14.3 Å². The van der Waals surface area contributed by atoms with E-state index >= 15 is 0 Å². The molecule has 0 unspecified atom stereocenters. The monoisotopic (exact) mass is 278 g/mol. The van der Waals surface area contributed by atoms with Gasteiger partial charge in [-0.1, -0.05) is 12.1 Å². The standard InChI is InChI=1S/C13H11ClN2O3/c1-18-9-5-3-4-8(6-9)10-7-11(12(17)19-2)16-13(14)15-10/h3-7H,1-2H3. The van der Waals surface area contributed by atoms with Crippen molar-refractivity contribution in [2.75, 3.05) is 14.2 Å². The van der Waals surface area contributed by atoms with Gasteiger partial charge in [-0.3, -0.25) is 0 Å². The first kappa shape index (κ1) is 13.3. The molecule has 0 N–H and O–H groups in total. The highest BCUT2D eigenvalue weighted by Gasteiger charge is 2.12. The Balaban J connectivity index is 2.49. The van der Waals surface area contributed by atoms with Crippen molar-refractivity contribution in [3.8, 4) is 17.0 Å². The van der Waals surface area contributed by atoms with Crippen molar-refractivity contribution in [3.05, 3.63) is 41.3 Å². The minimum absolute atomic E-state index is 0.0132. The first-order valence-corrected chi connectivity index (χ1v) is 5.79. The molecule has 0 amide bonds. The second-order valence-electron chi connectivity index (χ2n) is 3.63. The second kappa shape index (κ2) is 5.67. The molecule has 0 aliphatic carbocycles. The van der Waals surface area contributed by atoms with Crippen LogP contribution in [0.15, 0.2) is 30.3 Å². The quantitative estimate of drug-likeness (QED) is 0.638. The highest BCUT2D eigenvalue weighted by atomic mass is 35.5. The summed E-state index contributed by atoms with van der Waals surface area (Å²) in [6.45, 7) is 0. The van der Waals surface area contributed by atoms with E-state index in [0.717, 1.165) is 5.56 Å². The highest BCUT2D eigenvalue weighted by Crippen LogP contribution is 2.23. The number of rotatable bonds is 3. The van der Waals surface area contributed by atoms with Gasteiger partial charge in [-0.05, 0) is 29.8 Å². The summed E-state index contributed by atoms with van der Waals surface area (Å²) in [6.07, 6.45) is 0. The fourth-order valence-corrected chi connectivity index (χ4v) is 1.74. The third kappa shape index (κ3) is 3.00. The lowest BCUT2D eigenvalue weighted by atomic mass is 10.1. The zero-order valence-electron chi connectivity index (χ0n) is 10.4. The molecular formula is C13H11ClN2O3. The summed E-state index contributed by atoms with van der Waals surface area (Å²) in [5, 5.41) is -0.0132. The Morgan fingerprint density at radius 1 is 1.21 bits per heavy atom. The van der Waals surface area contributed by atoms with Gasteiger partial charge in [-0.25, -0.2) is 14.8 Å². The number of benzene rings is 1. The number of halogens is 1. The summed E-state index contributed by atoms with van der Waals surface area (Å²) in [5.74, 6) is 0.125. The summed E-state index contributed by atoms with van der Waals surface area (Å²) in [4.78, 5) is 19.4. The predicted molar refractivity (Wildman–Crippen MR) is 70.4 cm³/mol. The minimum Gasteiger partial charge on any atom is -0.497 e. The van der Waals surface area contributed by atoms with E-state index in [0.29, 0.717) is 11.4 Å². The average Bonchev–Trinajstić information content (AvgIpc) is 2.45. The van der Waals surface area contributed by atoms with Crippen molar-refractivity contribution in [3.63, 3.8) is 0 Å². The van der Waals surface area contributed by atoms with Crippen LogP contribution in [-0.2, 0) is 4.74 Å². The molecule has 1 aromatic heterocycles. The maximum absolute atomic E-state index is 11.5. The highest BCUT2D eigenvalue weighted by molar-refractivity contribution is 6.28. The Morgan fingerprint density at radius 3 is 2.68 bits per heavy atom. The topological polar surface area (TPSA) is 61.3 Å². The average molecular weight is 279 g/mol. The summed E-state index contributed by atoms with van der Waals surface area (Å²) in [7, 11) is 2.86. The number of methoxy groups -OCH3 is 2. The first-order chi connectivity index (χ1) is 9.13. The van der Waals surface area contributed by atoms with Gasteiger partial charge in [0.2, 0.25) is 5.28 Å². The van der Waals surface area contributed by atoms with Crippen LogP contribution in [0.2, 0.25) is 5.28 Å². The number of aromatic nitrogens is 2. The zero-order valence-corrected chi connectivity index (χ0v) is 11.1. The molecule has 0 spiro atoms. The smallest absolute Gasteiger partial charge is 0.356 e. The molecule has 0 aliphatic rings. The Kier molecular flexibility index (Phi) is 3.97. The number of carbonyl (C=O) groups is 1. The summed E-state index contributed by atoms with van der Waals surface area (Å²) in [5.41, 5.74) is 1.41. The lowest BCUT2D eigenvalue weighted by Crippen LogP contribution is -2.05. The second-order valence-corrected chi connectivity index (χ2v) is 3.97. The van der Waals surface area contributed by atoms with Gasteiger partial charge in [-0.15, -0.1) is 0 Å². The van der Waals surface area contributed by atoms with Gasteiger partial charge < -0.3 is 9.47 Å². The number of nitrogens with zero attached hydrogens (tertiary/aromatic N) is 2. The van der Waals surface area contributed by atoms with Crippen LogP contribution in [-0.4, -0.2) is 30.2 Å². The van der Waals surface area contributed by atoms with Crippen molar-refractivity contribution in [2.24, 2.45) is 0 Å². The van der Waals surface area contributed by atoms with E-state index in [9.17, 15) is 4.79 Å². The van der Waals surface area contributed by atoms with Gasteiger partial charge in [0, 0.05) is 5.56 Å². The number of hydrogen-bond acceptors (Lipinski definition) is 5. The number of esters is 1. The summed E-state index contributed by atoms with van der Waals surface area (Å²) >= 11 is 5.81. The lowest BCUT2D eigenvalue weighted by molar-refractivity contribution is 0.0594. The van der Waals surface area contributed by atoms with Gasteiger partial charge in [0.15, 0.2) is 5.69 Å². The molecule has 2 rings (SSSR count). The van der Waals surface area contributed by atoms with Gasteiger partial charge >= 0.3 is 5.97 Å². The molecule has 5 nitrogen and oxygen atoms in total. The third-order valence-corrected chi connectivity index (χ3v) is 2.63. The van der Waals surface area contributed by atoms with Crippen LogP contribution in [0.1, 0.15) is 10.5 Å². The molecule has 0 saturated carbocycles. The fourth-order valence-electron chi connectivity index (χ4n) is 1.56. The molecular weight excluding hydrogens is 268 g/mol. The van der Waals surface area contributed by atoms with E-state index in [4.69, 9.17) is 16.3 Å². The van der Waals surface area contributed by atoms with Crippen molar-refractivity contribution in [2.45, 2.75) is 0 Å². The molecule has 0 aliphatic heterocycles. The van der Waals surface area contributed by atoms with E-state index in [1.807, 2.05) is 18.2 Å². The summed E-state index contributed by atoms with van der Waals surface area (Å²) in [6, 6.07) is 8.78. The molecule has 2 aromatic rings. The molecule has 1 aromatic carbocycles. The Morgan fingerprint density at radius 2 is 2.00 bits per heavy atom. The lowest BCUT2D eigenvalue weighted by Gasteiger charge is -2.06. The van der Waals surface area contributed by atoms with Crippen molar-refractivity contribution in [1.82, 2.24) is 9.97 Å². The van der Waals surface area contributed by atoms with Crippen LogP contribution in [0.5, 0.6) is 5.75 Å². The van der Waals surface area contributed by atoms with Crippen LogP contribution in [0.4, 0.5) is 0 Å². The molecule has 6 heteroatoms. The fraction of sp³-hybridized carbons (Fsp3) is 0.154. The number of ether oxygens (including phenoxy) is 2. The summed E-state index contributed by atoms with van der Waals surface area (Å²) < 4.78 is 9.75. The largest absolute Gasteiger partial charge is 0.497 e. The maximum atomic E-state index is 11.5. The van der Waals surface area contributed by atoms with E-state index in [2.05, 4.69) is 14.7 Å². The normalized spacial score (nSPS) is 10.1. The molecule has 1 heterocycles. The van der Waals surface area contributed by atoms with Crippen molar-refractivity contribution in [1.29, 1.82) is 0 Å². The van der Waals surface area contributed by atoms with Crippen LogP contribution in [0.3, 0.4) is 0 Å². The minimum atomic E-state index is -0.562. The Labute approximate surface area is 115 Å². The molecule has 0 bridgehead atoms. The molecule has 0 atom stereocenters. The predicted octanol–water partition coefficient (Wildman–Crippen LogP) is 2.59. The van der Waals surface area contributed by atoms with E-state index in [1.165, 1.54) is 13.2 Å². The Hall–Kier alpha value is -2.14. The van der Waals surface area contributed by atoms with Crippen LogP contribution >= 0.6 is 11.6 Å². The maximum Gasteiger partial charge on any atom is 0.356 e. The molecule has 98 valence electrons. The van der Waals surface area contributed by atoms with Gasteiger partial charge in [-0.2, -0.15) is 0 Å². The molecule has 0 fully saturated rings. The molecule has 0 saturated heterocycles. The van der Waals surface area contributed by atoms with Crippen LogP contribution in [0.25, 0.3) is 11.3 Å². The Bertz CT molecular complexity index is 617. The third-order valence-electron chi connectivity index (χ3n) is 2.46. The molecule has 0 radical (unpaired) electrons. The van der Waals surface area contributed by atoms with Gasteiger partial charge in [0.25, 0.3) is 0 Å². The number of carbonyl (C=O) groups excluding carboxylic acids is 1. The first-order valence-electron chi connectivity index (χ1n) is 5.41. The van der Waals surface area contributed by atoms with Gasteiger partial charge in [0.05, 0.1) is 19.9 Å². The SMILES string of the molecule is COC(=O)c1cc(-c2cccc(OC)c2)nc(Cl)n1. The number of hydrogen-bond donors (Lipinski definition) is 0. The van der Waals surface area contributed by atoms with E-state index in [1.54, 1.807) is 13.2 Å². The van der Waals surface area contributed by atoms with Crippen LogP contribution < -0.4 is 4.74 Å². The van der Waals surface area contributed by atoms with Crippen LogP contribution in [0, 0.1) is 0 Å². The molecule has 19 heavy (non-hydrogen) atoms. The van der Waals surface area contributed by atoms with E-state index in [-0.39, 0.29) is 11.0 Å². The zero-order chi connectivity index (χ0) is 13.8. The van der Waals surface area contributed by atoms with Crippen molar-refractivity contribution >= 4 is 17.6 Å². The van der Waals surface area contributed by atoms with Gasteiger partial charge in [0.1, 0.15) is 5.75 Å².